The molecule has 1 rings (SSSR count). The molecule has 1 saturated carbocycles. The van der Waals surface area contributed by atoms with Crippen LogP contribution in [0, 0.1) is 11.3 Å². The summed E-state index contributed by atoms with van der Waals surface area (Å²) in [6.07, 6.45) is 5.07. The molecule has 0 spiro atoms. The number of amides is 1. The normalized spacial score (nSPS) is 25.8. The molecule has 1 fully saturated rings. The summed E-state index contributed by atoms with van der Waals surface area (Å²) in [5.74, 6) is -0.691. The lowest BCUT2D eigenvalue weighted by Crippen LogP contribution is -2.50. The molecule has 1 amide bonds. The Morgan fingerprint density at radius 3 is 2.62 bits per heavy atom. The molecule has 0 radical (unpaired) electrons. The maximum absolute atomic E-state index is 11.9. The molecule has 120 valence electrons. The van der Waals surface area contributed by atoms with E-state index in [-0.39, 0.29) is 0 Å². The average molecular weight is 297 g/mol. The van der Waals surface area contributed by atoms with Gasteiger partial charge in [0, 0.05) is 5.92 Å². The summed E-state index contributed by atoms with van der Waals surface area (Å²) in [6.45, 7) is 10.9. The molecule has 0 bridgehead atoms. The largest absolute Gasteiger partial charge is 0.480 e. The molecule has 1 aliphatic carbocycles. The molecule has 5 nitrogen and oxygen atoms in total. The van der Waals surface area contributed by atoms with Crippen LogP contribution in [-0.2, 0) is 9.53 Å². The Kier molecular flexibility index (Phi) is 5.42. The lowest BCUT2D eigenvalue weighted by molar-refractivity contribution is -0.142. The van der Waals surface area contributed by atoms with Gasteiger partial charge in [-0.15, -0.1) is 6.58 Å². The maximum atomic E-state index is 11.9. The van der Waals surface area contributed by atoms with Crippen molar-refractivity contribution >= 4 is 12.1 Å². The van der Waals surface area contributed by atoms with Crippen LogP contribution in [0.25, 0.3) is 0 Å². The van der Waals surface area contributed by atoms with Crippen molar-refractivity contribution < 1.29 is 19.4 Å². The minimum atomic E-state index is -1.05. The van der Waals surface area contributed by atoms with Gasteiger partial charge in [0.15, 0.2) is 0 Å². The number of rotatable bonds is 7. The standard InChI is InChI=1S/C16H27NO4/c1-6-7-8-9-11-10-16(11,5)21-14(20)17-12(13(18)19)15(2,3)4/h6,11-12H,1,7-10H2,2-5H3,(H,17,20)(H,18,19). The number of alkyl carbamates (subject to hydrolysis) is 1. The number of unbranched alkanes of at least 4 members (excludes halogenated alkanes) is 1. The van der Waals surface area contributed by atoms with Gasteiger partial charge >= 0.3 is 12.1 Å². The third kappa shape index (κ3) is 5.06. The van der Waals surface area contributed by atoms with Gasteiger partial charge in [-0.3, -0.25) is 0 Å². The Hall–Kier alpha value is -1.52. The van der Waals surface area contributed by atoms with Crippen molar-refractivity contribution in [2.75, 3.05) is 0 Å². The first-order valence-electron chi connectivity index (χ1n) is 7.43. The highest BCUT2D eigenvalue weighted by atomic mass is 16.6. The van der Waals surface area contributed by atoms with Gasteiger partial charge in [0.1, 0.15) is 11.6 Å². The van der Waals surface area contributed by atoms with Gasteiger partial charge in [0.2, 0.25) is 0 Å². The predicted molar refractivity (Wildman–Crippen MR) is 81.1 cm³/mol. The molecule has 1 aliphatic rings. The van der Waals surface area contributed by atoms with Crippen molar-refractivity contribution in [3.05, 3.63) is 12.7 Å². The second-order valence-electron chi connectivity index (χ2n) is 7.10. The summed E-state index contributed by atoms with van der Waals surface area (Å²) in [5, 5.41) is 11.7. The van der Waals surface area contributed by atoms with E-state index in [4.69, 9.17) is 4.74 Å². The highest BCUT2D eigenvalue weighted by Gasteiger charge is 2.53. The van der Waals surface area contributed by atoms with Gasteiger partial charge in [-0.05, 0) is 38.0 Å². The summed E-state index contributed by atoms with van der Waals surface area (Å²) in [5.41, 5.74) is -1.02. The first kappa shape index (κ1) is 17.5. The van der Waals surface area contributed by atoms with Crippen molar-refractivity contribution in [3.63, 3.8) is 0 Å². The quantitative estimate of drug-likeness (QED) is 0.558. The number of hydrogen-bond acceptors (Lipinski definition) is 3. The number of carbonyl (C=O) groups is 2. The van der Waals surface area contributed by atoms with E-state index in [1.54, 1.807) is 20.8 Å². The summed E-state index contributed by atoms with van der Waals surface area (Å²) in [4.78, 5) is 23.1. The highest BCUT2D eigenvalue weighted by Crippen LogP contribution is 2.49. The monoisotopic (exact) mass is 297 g/mol. The zero-order chi connectivity index (χ0) is 16.3. The molecule has 3 unspecified atom stereocenters. The second-order valence-corrected chi connectivity index (χ2v) is 7.10. The summed E-state index contributed by atoms with van der Waals surface area (Å²) in [6, 6.07) is -0.966. The third-order valence-corrected chi connectivity index (χ3v) is 4.02. The molecule has 2 N–H and O–H groups in total. The Balaban J connectivity index is 2.47. The highest BCUT2D eigenvalue weighted by molar-refractivity contribution is 5.80. The Bertz CT molecular complexity index is 413. The third-order valence-electron chi connectivity index (χ3n) is 4.02. The Labute approximate surface area is 126 Å². The van der Waals surface area contributed by atoms with Gasteiger partial charge in [0.25, 0.3) is 0 Å². The van der Waals surface area contributed by atoms with Gasteiger partial charge in [0.05, 0.1) is 0 Å². The minimum absolute atomic E-state index is 0.362. The number of carboxylic acids is 1. The van der Waals surface area contributed by atoms with E-state index in [2.05, 4.69) is 11.9 Å². The van der Waals surface area contributed by atoms with E-state index in [1.807, 2.05) is 13.0 Å². The molecular formula is C16H27NO4. The van der Waals surface area contributed by atoms with Crippen LogP contribution in [0.4, 0.5) is 4.79 Å². The van der Waals surface area contributed by atoms with E-state index >= 15 is 0 Å². The number of hydrogen-bond donors (Lipinski definition) is 2. The van der Waals surface area contributed by atoms with Crippen LogP contribution in [0.15, 0.2) is 12.7 Å². The molecule has 0 aliphatic heterocycles. The van der Waals surface area contributed by atoms with Crippen LogP contribution in [0.3, 0.4) is 0 Å². The fraction of sp³-hybridized carbons (Fsp3) is 0.750. The molecule has 0 aromatic carbocycles. The molecule has 0 saturated heterocycles. The lowest BCUT2D eigenvalue weighted by Gasteiger charge is -2.28. The van der Waals surface area contributed by atoms with Crippen LogP contribution in [-0.4, -0.2) is 28.8 Å². The van der Waals surface area contributed by atoms with E-state index in [9.17, 15) is 14.7 Å². The number of allylic oxidation sites excluding steroid dienone is 1. The van der Waals surface area contributed by atoms with Crippen LogP contribution < -0.4 is 5.32 Å². The molecule has 5 heteroatoms. The summed E-state index contributed by atoms with van der Waals surface area (Å²) >= 11 is 0. The van der Waals surface area contributed by atoms with Crippen molar-refractivity contribution in [2.24, 2.45) is 11.3 Å². The maximum Gasteiger partial charge on any atom is 0.408 e. The molecule has 21 heavy (non-hydrogen) atoms. The van der Waals surface area contributed by atoms with Crippen LogP contribution in [0.2, 0.25) is 0 Å². The molecule has 0 aromatic heterocycles. The van der Waals surface area contributed by atoms with E-state index < -0.39 is 29.1 Å². The Morgan fingerprint density at radius 2 is 2.14 bits per heavy atom. The van der Waals surface area contributed by atoms with Gasteiger partial charge in [-0.25, -0.2) is 9.59 Å². The first-order chi connectivity index (χ1) is 9.60. The second kappa shape index (κ2) is 6.50. The van der Waals surface area contributed by atoms with Crippen LogP contribution in [0.5, 0.6) is 0 Å². The molecule has 3 atom stereocenters. The van der Waals surface area contributed by atoms with E-state index in [0.717, 1.165) is 25.7 Å². The van der Waals surface area contributed by atoms with Gasteiger partial charge < -0.3 is 15.2 Å². The fourth-order valence-electron chi connectivity index (χ4n) is 2.48. The van der Waals surface area contributed by atoms with Crippen molar-refractivity contribution in [2.45, 2.75) is 65.0 Å². The van der Waals surface area contributed by atoms with Crippen LogP contribution >= 0.6 is 0 Å². The molecular weight excluding hydrogens is 270 g/mol. The molecule has 0 aromatic rings. The Morgan fingerprint density at radius 1 is 1.52 bits per heavy atom. The predicted octanol–water partition coefficient (Wildman–Crippen LogP) is 3.35. The number of ether oxygens (including phenoxy) is 1. The van der Waals surface area contributed by atoms with Gasteiger partial charge in [-0.2, -0.15) is 0 Å². The lowest BCUT2D eigenvalue weighted by atomic mass is 9.87. The molecule has 0 heterocycles. The average Bonchev–Trinajstić information content (AvgIpc) is 2.95. The SMILES string of the molecule is C=CCCCC1CC1(C)OC(=O)NC(C(=O)O)C(C)(C)C. The fourth-order valence-corrected chi connectivity index (χ4v) is 2.48. The van der Waals surface area contributed by atoms with E-state index in [0.29, 0.717) is 5.92 Å². The minimum Gasteiger partial charge on any atom is -0.480 e. The number of carbonyl (C=O) groups excluding carboxylic acids is 1. The van der Waals surface area contributed by atoms with Crippen molar-refractivity contribution in [1.29, 1.82) is 0 Å². The van der Waals surface area contributed by atoms with Gasteiger partial charge in [-0.1, -0.05) is 26.8 Å². The number of nitrogens with one attached hydrogen (secondary N) is 1. The number of carboxylic acid groups (broad SMARTS) is 1. The first-order valence-corrected chi connectivity index (χ1v) is 7.43. The number of aliphatic carboxylic acids is 1. The van der Waals surface area contributed by atoms with E-state index in [1.165, 1.54) is 0 Å². The zero-order valence-corrected chi connectivity index (χ0v) is 13.4. The summed E-state index contributed by atoms with van der Waals surface area (Å²) < 4.78 is 5.43. The smallest absolute Gasteiger partial charge is 0.408 e. The zero-order valence-electron chi connectivity index (χ0n) is 13.4. The topological polar surface area (TPSA) is 75.6 Å². The summed E-state index contributed by atoms with van der Waals surface area (Å²) in [7, 11) is 0. The van der Waals surface area contributed by atoms with Crippen LogP contribution in [0.1, 0.15) is 53.4 Å². The van der Waals surface area contributed by atoms with Crippen molar-refractivity contribution in [1.82, 2.24) is 5.32 Å². The van der Waals surface area contributed by atoms with Crippen molar-refractivity contribution in [3.8, 4) is 0 Å².